The van der Waals surface area contributed by atoms with Gasteiger partial charge < -0.3 is 19.5 Å². The molecule has 0 aliphatic carbocycles. The van der Waals surface area contributed by atoms with E-state index in [0.29, 0.717) is 6.54 Å². The number of hydrogen-bond donors (Lipinski definition) is 1. The quantitative estimate of drug-likeness (QED) is 0.500. The van der Waals surface area contributed by atoms with E-state index >= 15 is 0 Å². The molecule has 1 fully saturated rings. The van der Waals surface area contributed by atoms with Crippen molar-refractivity contribution < 1.29 is 9.90 Å². The minimum absolute atomic E-state index is 0.0259. The lowest BCUT2D eigenvalue weighted by Gasteiger charge is -2.36. The third kappa shape index (κ3) is 4.37. The van der Waals surface area contributed by atoms with E-state index in [9.17, 15) is 9.90 Å². The Hall–Kier alpha value is -3.57. The second-order valence-corrected chi connectivity index (χ2v) is 8.77. The fourth-order valence-electron chi connectivity index (χ4n) is 4.63. The highest BCUT2D eigenvalue weighted by molar-refractivity contribution is 5.94. The number of carbonyl (C=O) groups excluding carboxylic acids is 1. The highest BCUT2D eigenvalue weighted by Gasteiger charge is 2.22. The van der Waals surface area contributed by atoms with Crippen molar-refractivity contribution in [2.45, 2.75) is 20.1 Å². The summed E-state index contributed by atoms with van der Waals surface area (Å²) in [6, 6.07) is 24.6. The lowest BCUT2D eigenvalue weighted by Crippen LogP contribution is -2.48. The molecule has 5 nitrogen and oxygen atoms in total. The molecular formula is C28H29N3O2. The molecule has 1 aliphatic rings. The van der Waals surface area contributed by atoms with Gasteiger partial charge in [-0.2, -0.15) is 0 Å². The number of para-hydroxylation sites is 1. The van der Waals surface area contributed by atoms with Gasteiger partial charge in [0.15, 0.2) is 0 Å². The molecule has 0 unspecified atom stereocenters. The maximum atomic E-state index is 13.0. The summed E-state index contributed by atoms with van der Waals surface area (Å²) in [5, 5.41) is 10.8. The zero-order chi connectivity index (χ0) is 22.8. The fraction of sp³-hybridized carbons (Fsp3) is 0.250. The highest BCUT2D eigenvalue weighted by atomic mass is 16.3. The standard InChI is InChI=1S/C28H29N3O2/c1-21-6-12-25(13-7-21)29-14-16-30(17-15-29)28(33)23-10-8-22(9-11-23)18-31-19-24(20-32)26-4-2-3-5-27(26)31/h2-13,19,32H,14-18,20H2,1H3. The van der Waals surface area contributed by atoms with Crippen LogP contribution in [0.2, 0.25) is 0 Å². The van der Waals surface area contributed by atoms with Crippen molar-refractivity contribution in [2.24, 2.45) is 0 Å². The zero-order valence-electron chi connectivity index (χ0n) is 18.9. The number of nitrogens with zero attached hydrogens (tertiary/aromatic N) is 3. The number of aromatic nitrogens is 1. The van der Waals surface area contributed by atoms with Crippen LogP contribution in [0.1, 0.15) is 27.0 Å². The van der Waals surface area contributed by atoms with E-state index < -0.39 is 0 Å². The molecule has 5 heteroatoms. The maximum Gasteiger partial charge on any atom is 0.253 e. The van der Waals surface area contributed by atoms with Crippen molar-refractivity contribution >= 4 is 22.5 Å². The van der Waals surface area contributed by atoms with Crippen LogP contribution in [-0.2, 0) is 13.2 Å². The monoisotopic (exact) mass is 439 g/mol. The summed E-state index contributed by atoms with van der Waals surface area (Å²) < 4.78 is 2.15. The van der Waals surface area contributed by atoms with Crippen LogP contribution in [0, 0.1) is 6.92 Å². The molecular weight excluding hydrogens is 410 g/mol. The summed E-state index contributed by atoms with van der Waals surface area (Å²) in [4.78, 5) is 17.3. The second-order valence-electron chi connectivity index (χ2n) is 8.77. The summed E-state index contributed by atoms with van der Waals surface area (Å²) >= 11 is 0. The predicted molar refractivity (Wildman–Crippen MR) is 133 cm³/mol. The first-order valence-electron chi connectivity index (χ1n) is 11.5. The predicted octanol–water partition coefficient (Wildman–Crippen LogP) is 4.45. The Balaban J connectivity index is 1.24. The number of aliphatic hydroxyl groups is 1. The summed E-state index contributed by atoms with van der Waals surface area (Å²) in [6.45, 7) is 5.98. The van der Waals surface area contributed by atoms with Gasteiger partial charge >= 0.3 is 0 Å². The molecule has 2 heterocycles. The lowest BCUT2D eigenvalue weighted by molar-refractivity contribution is 0.0747. The second kappa shape index (κ2) is 9.12. The molecule has 1 N–H and O–H groups in total. The number of rotatable bonds is 5. The third-order valence-corrected chi connectivity index (χ3v) is 6.56. The molecule has 1 aromatic heterocycles. The Kier molecular flexibility index (Phi) is 5.88. The summed E-state index contributed by atoms with van der Waals surface area (Å²) in [7, 11) is 0. The SMILES string of the molecule is Cc1ccc(N2CCN(C(=O)c3ccc(Cn4cc(CO)c5ccccc54)cc3)CC2)cc1. The number of aliphatic hydroxyl groups excluding tert-OH is 1. The molecule has 0 atom stereocenters. The summed E-state index contributed by atoms with van der Waals surface area (Å²) in [5.74, 6) is 0.0964. The number of fused-ring (bicyclic) bond motifs is 1. The van der Waals surface area contributed by atoms with Crippen LogP contribution in [-0.4, -0.2) is 46.7 Å². The summed E-state index contributed by atoms with van der Waals surface area (Å²) in [6.07, 6.45) is 2.01. The smallest absolute Gasteiger partial charge is 0.253 e. The molecule has 0 saturated carbocycles. The molecule has 1 aliphatic heterocycles. The van der Waals surface area contributed by atoms with Gasteiger partial charge in [-0.1, -0.05) is 48.0 Å². The Morgan fingerprint density at radius 3 is 2.27 bits per heavy atom. The zero-order valence-corrected chi connectivity index (χ0v) is 18.9. The van der Waals surface area contributed by atoms with Gasteiger partial charge in [0, 0.05) is 66.6 Å². The minimum Gasteiger partial charge on any atom is -0.392 e. The van der Waals surface area contributed by atoms with E-state index in [1.807, 2.05) is 53.6 Å². The average Bonchev–Trinajstić information content (AvgIpc) is 3.22. The molecule has 1 amide bonds. The number of amides is 1. The molecule has 33 heavy (non-hydrogen) atoms. The van der Waals surface area contributed by atoms with Gasteiger partial charge in [0.25, 0.3) is 5.91 Å². The van der Waals surface area contributed by atoms with E-state index in [-0.39, 0.29) is 12.5 Å². The van der Waals surface area contributed by atoms with E-state index in [4.69, 9.17) is 0 Å². The normalized spacial score (nSPS) is 14.1. The first-order valence-corrected chi connectivity index (χ1v) is 11.5. The number of hydrogen-bond acceptors (Lipinski definition) is 3. The Morgan fingerprint density at radius 2 is 1.58 bits per heavy atom. The molecule has 5 rings (SSSR count). The van der Waals surface area contributed by atoms with Crippen LogP contribution >= 0.6 is 0 Å². The molecule has 0 radical (unpaired) electrons. The number of piperazine rings is 1. The van der Waals surface area contributed by atoms with E-state index in [1.165, 1.54) is 11.3 Å². The van der Waals surface area contributed by atoms with Crippen molar-refractivity contribution in [1.29, 1.82) is 0 Å². The van der Waals surface area contributed by atoms with E-state index in [1.54, 1.807) is 0 Å². The van der Waals surface area contributed by atoms with Crippen LogP contribution in [0.4, 0.5) is 5.69 Å². The van der Waals surface area contributed by atoms with Crippen molar-refractivity contribution in [3.63, 3.8) is 0 Å². The number of carbonyl (C=O) groups is 1. The number of anilines is 1. The Bertz CT molecular complexity index is 1250. The molecule has 4 aromatic rings. The first-order chi connectivity index (χ1) is 16.1. The first kappa shape index (κ1) is 21.3. The van der Waals surface area contributed by atoms with E-state index in [0.717, 1.165) is 53.8 Å². The van der Waals surface area contributed by atoms with Crippen LogP contribution in [0.15, 0.2) is 79.0 Å². The van der Waals surface area contributed by atoms with Crippen molar-refractivity contribution in [3.8, 4) is 0 Å². The molecule has 0 spiro atoms. The van der Waals surface area contributed by atoms with Crippen LogP contribution in [0.3, 0.4) is 0 Å². The summed E-state index contributed by atoms with van der Waals surface area (Å²) in [5.41, 5.74) is 6.38. The number of aryl methyl sites for hydroxylation is 1. The highest BCUT2D eigenvalue weighted by Crippen LogP contribution is 2.23. The molecule has 168 valence electrons. The average molecular weight is 440 g/mol. The van der Waals surface area contributed by atoms with Crippen LogP contribution in [0.5, 0.6) is 0 Å². The van der Waals surface area contributed by atoms with Crippen molar-refractivity contribution in [1.82, 2.24) is 9.47 Å². The van der Waals surface area contributed by atoms with Gasteiger partial charge in [-0.25, -0.2) is 0 Å². The van der Waals surface area contributed by atoms with Gasteiger partial charge in [-0.05, 0) is 42.8 Å². The van der Waals surface area contributed by atoms with Crippen LogP contribution in [0.25, 0.3) is 10.9 Å². The minimum atomic E-state index is 0.0259. The van der Waals surface area contributed by atoms with Crippen molar-refractivity contribution in [2.75, 3.05) is 31.1 Å². The Labute approximate surface area is 194 Å². The van der Waals surface area contributed by atoms with Gasteiger partial charge in [-0.15, -0.1) is 0 Å². The van der Waals surface area contributed by atoms with Gasteiger partial charge in [0.1, 0.15) is 0 Å². The van der Waals surface area contributed by atoms with Gasteiger partial charge in [0.2, 0.25) is 0 Å². The van der Waals surface area contributed by atoms with Crippen molar-refractivity contribution in [3.05, 3.63) is 101 Å². The molecule has 0 bridgehead atoms. The van der Waals surface area contributed by atoms with E-state index in [2.05, 4.69) is 46.7 Å². The van der Waals surface area contributed by atoms with Gasteiger partial charge in [-0.3, -0.25) is 4.79 Å². The fourth-order valence-corrected chi connectivity index (χ4v) is 4.63. The lowest BCUT2D eigenvalue weighted by atomic mass is 10.1. The molecule has 3 aromatic carbocycles. The third-order valence-electron chi connectivity index (χ3n) is 6.56. The van der Waals surface area contributed by atoms with Crippen LogP contribution < -0.4 is 4.90 Å². The Morgan fingerprint density at radius 1 is 0.879 bits per heavy atom. The topological polar surface area (TPSA) is 48.7 Å². The largest absolute Gasteiger partial charge is 0.392 e. The maximum absolute atomic E-state index is 13.0. The van der Waals surface area contributed by atoms with Gasteiger partial charge in [0.05, 0.1) is 6.61 Å². The molecule has 1 saturated heterocycles. The number of benzene rings is 3.